The summed E-state index contributed by atoms with van der Waals surface area (Å²) in [6.07, 6.45) is 1.42. The molecule has 0 spiro atoms. The van der Waals surface area contributed by atoms with E-state index in [1.807, 2.05) is 0 Å². The first-order valence-corrected chi connectivity index (χ1v) is 6.90. The number of nitrogens with zero attached hydrogens (tertiary/aromatic N) is 2. The molecule has 0 atom stereocenters. The van der Waals surface area contributed by atoms with Gasteiger partial charge in [0, 0.05) is 10.5 Å². The minimum Gasteiger partial charge on any atom is -0.437 e. The number of hydrogen-bond donors (Lipinski definition) is 2. The van der Waals surface area contributed by atoms with Crippen molar-refractivity contribution in [1.29, 1.82) is 0 Å². The van der Waals surface area contributed by atoms with Crippen LogP contribution in [0.15, 0.2) is 24.5 Å². The van der Waals surface area contributed by atoms with Gasteiger partial charge in [-0.25, -0.2) is 4.98 Å². The van der Waals surface area contributed by atoms with Crippen molar-refractivity contribution in [3.05, 3.63) is 35.2 Å². The van der Waals surface area contributed by atoms with Gasteiger partial charge in [0.1, 0.15) is 17.8 Å². The van der Waals surface area contributed by atoms with Gasteiger partial charge < -0.3 is 16.2 Å². The molecule has 1 aromatic heterocycles. The lowest BCUT2D eigenvalue weighted by Crippen LogP contribution is -2.01. The van der Waals surface area contributed by atoms with Gasteiger partial charge in [-0.2, -0.15) is 4.98 Å². The zero-order chi connectivity index (χ0) is 13.1. The first-order chi connectivity index (χ1) is 8.61. The summed E-state index contributed by atoms with van der Waals surface area (Å²) in [6, 6.07) is 4.98. The molecule has 1 heterocycles. The molecule has 0 saturated heterocycles. The van der Waals surface area contributed by atoms with Gasteiger partial charge in [-0.3, -0.25) is 0 Å². The molecule has 0 saturated carbocycles. The minimum atomic E-state index is 0.317. The number of alkyl halides is 1. The molecule has 2 rings (SSSR count). The second-order valence-corrected chi connectivity index (χ2v) is 4.63. The lowest BCUT2D eigenvalue weighted by Gasteiger charge is -2.09. The number of nitrogens with two attached hydrogens (primary N) is 2. The predicted molar refractivity (Wildman–Crippen MR) is 80.1 cm³/mol. The Hall–Kier alpha value is -1.28. The molecule has 1 aromatic carbocycles. The molecule has 0 aliphatic heterocycles. The minimum absolute atomic E-state index is 0.317. The van der Waals surface area contributed by atoms with Crippen molar-refractivity contribution in [3.63, 3.8) is 0 Å². The number of benzene rings is 1. The molecule has 0 unspecified atom stereocenters. The Balaban J connectivity index is 2.31. The van der Waals surface area contributed by atoms with Crippen LogP contribution in [0.25, 0.3) is 0 Å². The van der Waals surface area contributed by atoms with Gasteiger partial charge in [-0.15, -0.1) is 0 Å². The van der Waals surface area contributed by atoms with E-state index in [-0.39, 0.29) is 0 Å². The Morgan fingerprint density at radius 2 is 2.06 bits per heavy atom. The molecule has 4 N–H and O–H groups in total. The third-order valence-corrected chi connectivity index (χ3v) is 3.29. The number of aromatic nitrogens is 2. The average molecular weight is 377 g/mol. The summed E-state index contributed by atoms with van der Waals surface area (Å²) >= 11 is 8.08. The standard InChI is InChI=1S/C11H10ClIN4O/c12-7-3-6(1-2-8(7)14)18-11-10(15)9(4-13)16-5-17-11/h1-3,5H,4,14-15H2. The normalized spacial score (nSPS) is 10.3. The van der Waals surface area contributed by atoms with Crippen LogP contribution in [0.5, 0.6) is 11.6 Å². The Morgan fingerprint density at radius 3 is 2.72 bits per heavy atom. The van der Waals surface area contributed by atoms with E-state index in [9.17, 15) is 0 Å². The highest BCUT2D eigenvalue weighted by molar-refractivity contribution is 14.1. The van der Waals surface area contributed by atoms with Crippen LogP contribution < -0.4 is 16.2 Å². The number of nitrogen functional groups attached to an aromatic ring is 2. The van der Waals surface area contributed by atoms with Crippen LogP contribution in [0.4, 0.5) is 11.4 Å². The van der Waals surface area contributed by atoms with Gasteiger partial charge in [-0.05, 0) is 12.1 Å². The maximum atomic E-state index is 5.91. The van der Waals surface area contributed by atoms with Crippen molar-refractivity contribution in [1.82, 2.24) is 9.97 Å². The zero-order valence-corrected chi connectivity index (χ0v) is 12.1. The molecule has 18 heavy (non-hydrogen) atoms. The third kappa shape index (κ3) is 2.75. The van der Waals surface area contributed by atoms with Crippen molar-refractivity contribution in [2.24, 2.45) is 0 Å². The Bertz CT molecular complexity index is 579. The summed E-state index contributed by atoms with van der Waals surface area (Å²) in [5.41, 5.74) is 13.2. The van der Waals surface area contributed by atoms with E-state index in [2.05, 4.69) is 32.6 Å². The summed E-state index contributed by atoms with van der Waals surface area (Å²) in [7, 11) is 0. The predicted octanol–water partition coefficient (Wildman–Crippen LogP) is 3.02. The van der Waals surface area contributed by atoms with E-state index in [4.69, 9.17) is 27.8 Å². The highest BCUT2D eigenvalue weighted by Gasteiger charge is 2.09. The third-order valence-electron chi connectivity index (χ3n) is 2.24. The SMILES string of the molecule is Nc1ccc(Oc2ncnc(CI)c2N)cc1Cl. The zero-order valence-electron chi connectivity index (χ0n) is 9.23. The molecule has 0 amide bonds. The van der Waals surface area contributed by atoms with E-state index in [0.29, 0.717) is 32.5 Å². The molecule has 0 aliphatic rings. The van der Waals surface area contributed by atoms with Crippen molar-refractivity contribution in [3.8, 4) is 11.6 Å². The fraction of sp³-hybridized carbons (Fsp3) is 0.0909. The summed E-state index contributed by atoms with van der Waals surface area (Å²) < 4.78 is 6.25. The first kappa shape index (κ1) is 13.2. The molecule has 0 aliphatic carbocycles. The second kappa shape index (κ2) is 5.57. The van der Waals surface area contributed by atoms with Gasteiger partial charge in [0.25, 0.3) is 0 Å². The van der Waals surface area contributed by atoms with E-state index in [1.165, 1.54) is 6.33 Å². The average Bonchev–Trinajstić information content (AvgIpc) is 2.36. The van der Waals surface area contributed by atoms with Crippen LogP contribution >= 0.6 is 34.2 Å². The topological polar surface area (TPSA) is 87.0 Å². The van der Waals surface area contributed by atoms with E-state index >= 15 is 0 Å². The first-order valence-electron chi connectivity index (χ1n) is 5.00. The molecular formula is C11H10ClIN4O. The highest BCUT2D eigenvalue weighted by Crippen LogP contribution is 2.30. The largest absolute Gasteiger partial charge is 0.437 e. The van der Waals surface area contributed by atoms with Crippen molar-refractivity contribution in [2.75, 3.05) is 11.5 Å². The van der Waals surface area contributed by atoms with Crippen LogP contribution in [0, 0.1) is 0 Å². The smallest absolute Gasteiger partial charge is 0.246 e. The fourth-order valence-corrected chi connectivity index (χ4v) is 2.06. The number of ether oxygens (including phenoxy) is 1. The molecule has 0 radical (unpaired) electrons. The summed E-state index contributed by atoms with van der Waals surface area (Å²) in [6.45, 7) is 0. The summed E-state index contributed by atoms with van der Waals surface area (Å²) in [5, 5.41) is 0.425. The van der Waals surface area contributed by atoms with Crippen molar-refractivity contribution < 1.29 is 4.74 Å². The summed E-state index contributed by atoms with van der Waals surface area (Å²) in [5.74, 6) is 0.844. The lowest BCUT2D eigenvalue weighted by molar-refractivity contribution is 0.463. The Labute approximate surface area is 123 Å². The maximum Gasteiger partial charge on any atom is 0.246 e. The lowest BCUT2D eigenvalue weighted by atomic mass is 10.3. The van der Waals surface area contributed by atoms with Crippen LogP contribution in [-0.4, -0.2) is 9.97 Å². The fourth-order valence-electron chi connectivity index (χ4n) is 1.28. The Morgan fingerprint density at radius 1 is 1.28 bits per heavy atom. The second-order valence-electron chi connectivity index (χ2n) is 3.46. The quantitative estimate of drug-likeness (QED) is 0.488. The molecule has 0 bridgehead atoms. The number of halogens is 2. The molecule has 7 heteroatoms. The molecule has 0 fully saturated rings. The van der Waals surface area contributed by atoms with Crippen molar-refractivity contribution in [2.45, 2.75) is 4.43 Å². The summed E-state index contributed by atoms with van der Waals surface area (Å²) in [4.78, 5) is 8.06. The van der Waals surface area contributed by atoms with Gasteiger partial charge in [0.2, 0.25) is 5.88 Å². The van der Waals surface area contributed by atoms with Gasteiger partial charge in [-0.1, -0.05) is 34.2 Å². The molecule has 2 aromatic rings. The molecule has 94 valence electrons. The van der Waals surface area contributed by atoms with E-state index in [0.717, 1.165) is 5.69 Å². The van der Waals surface area contributed by atoms with Gasteiger partial charge >= 0.3 is 0 Å². The van der Waals surface area contributed by atoms with Crippen LogP contribution in [0.2, 0.25) is 5.02 Å². The highest BCUT2D eigenvalue weighted by atomic mass is 127. The number of rotatable bonds is 3. The van der Waals surface area contributed by atoms with Crippen LogP contribution in [-0.2, 0) is 4.43 Å². The number of anilines is 2. The van der Waals surface area contributed by atoms with Crippen LogP contribution in [0.1, 0.15) is 5.69 Å². The van der Waals surface area contributed by atoms with Gasteiger partial charge in [0.05, 0.1) is 16.4 Å². The van der Waals surface area contributed by atoms with Gasteiger partial charge in [0.15, 0.2) is 0 Å². The number of hydrogen-bond acceptors (Lipinski definition) is 5. The van der Waals surface area contributed by atoms with Crippen molar-refractivity contribution >= 4 is 45.6 Å². The van der Waals surface area contributed by atoms with E-state index in [1.54, 1.807) is 18.2 Å². The van der Waals surface area contributed by atoms with Crippen LogP contribution in [0.3, 0.4) is 0 Å². The molecule has 5 nitrogen and oxygen atoms in total. The molecular weight excluding hydrogens is 367 g/mol. The Kier molecular flexibility index (Phi) is 4.07. The monoisotopic (exact) mass is 376 g/mol. The van der Waals surface area contributed by atoms with E-state index < -0.39 is 0 Å². The maximum absolute atomic E-state index is 5.91.